The smallest absolute Gasteiger partial charge is 0.156 e. The molecule has 2 unspecified atom stereocenters. The quantitative estimate of drug-likeness (QED) is 0.191. The van der Waals surface area contributed by atoms with E-state index in [-0.39, 0.29) is 24.5 Å². The number of aliphatic hydroxyl groups excluding tert-OH is 1. The van der Waals surface area contributed by atoms with Crippen LogP contribution >= 0.6 is 0 Å². The highest BCUT2D eigenvalue weighted by atomic mass is 16.5. The summed E-state index contributed by atoms with van der Waals surface area (Å²) >= 11 is 0. The summed E-state index contributed by atoms with van der Waals surface area (Å²) < 4.78 is 5.00. The molecule has 6 nitrogen and oxygen atoms in total. The third kappa shape index (κ3) is 5.56. The predicted molar refractivity (Wildman–Crippen MR) is 58.0 cm³/mol. The maximum atomic E-state index is 8.84. The first kappa shape index (κ1) is 14.2. The fraction of sp³-hybridized carbons (Fsp3) is 0.889. The third-order valence-corrected chi connectivity index (χ3v) is 2.16. The van der Waals surface area contributed by atoms with Crippen LogP contribution in [0.3, 0.4) is 0 Å². The summed E-state index contributed by atoms with van der Waals surface area (Å²) in [6, 6.07) is -0.188. The van der Waals surface area contributed by atoms with Gasteiger partial charge in [-0.2, -0.15) is 0 Å². The van der Waals surface area contributed by atoms with Crippen molar-refractivity contribution < 1.29 is 15.1 Å². The summed E-state index contributed by atoms with van der Waals surface area (Å²) in [7, 11) is 1.59. The van der Waals surface area contributed by atoms with Gasteiger partial charge >= 0.3 is 0 Å². The highest BCUT2D eigenvalue weighted by Crippen LogP contribution is 1.98. The van der Waals surface area contributed by atoms with Gasteiger partial charge in [0.1, 0.15) is 0 Å². The zero-order chi connectivity index (χ0) is 11.7. The van der Waals surface area contributed by atoms with Crippen LogP contribution < -0.4 is 11.1 Å². The van der Waals surface area contributed by atoms with Gasteiger partial charge in [-0.3, -0.25) is 0 Å². The van der Waals surface area contributed by atoms with Gasteiger partial charge < -0.3 is 26.1 Å². The van der Waals surface area contributed by atoms with Gasteiger partial charge in [0.05, 0.1) is 12.6 Å². The first-order valence-electron chi connectivity index (χ1n) is 5.02. The van der Waals surface area contributed by atoms with E-state index in [9.17, 15) is 0 Å². The topological polar surface area (TPSA) is 100 Å². The Hall–Kier alpha value is -0.850. The Labute approximate surface area is 90.1 Å². The molecule has 0 spiro atoms. The minimum Gasteiger partial charge on any atom is -0.409 e. The molecule has 0 saturated heterocycles. The molecule has 0 aliphatic rings. The lowest BCUT2D eigenvalue weighted by atomic mass is 10.1. The predicted octanol–water partition coefficient (Wildman–Crippen LogP) is -0.502. The van der Waals surface area contributed by atoms with Crippen LogP contribution in [0, 0.1) is 0 Å². The first-order chi connectivity index (χ1) is 7.19. The second kappa shape index (κ2) is 8.46. The molecule has 0 aromatic carbocycles. The fourth-order valence-electron chi connectivity index (χ4n) is 1.34. The Balaban J connectivity index is 4.21. The summed E-state index contributed by atoms with van der Waals surface area (Å²) in [5.74, 6) is 0.150. The molecular weight excluding hydrogens is 198 g/mol. The molecule has 90 valence electrons. The van der Waals surface area contributed by atoms with Gasteiger partial charge in [0, 0.05) is 19.8 Å². The number of nitrogens with two attached hydrogens (primary N) is 1. The molecule has 0 aliphatic heterocycles. The second-order valence-electron chi connectivity index (χ2n) is 3.32. The van der Waals surface area contributed by atoms with Crippen molar-refractivity contribution in [1.82, 2.24) is 5.32 Å². The molecule has 0 aliphatic carbocycles. The maximum absolute atomic E-state index is 8.84. The Morgan fingerprint density at radius 1 is 1.60 bits per heavy atom. The van der Waals surface area contributed by atoms with Gasteiger partial charge in [0.25, 0.3) is 0 Å². The van der Waals surface area contributed by atoms with Crippen LogP contribution in [-0.2, 0) is 4.74 Å². The van der Waals surface area contributed by atoms with Crippen molar-refractivity contribution in [2.45, 2.75) is 31.8 Å². The van der Waals surface area contributed by atoms with E-state index < -0.39 is 0 Å². The van der Waals surface area contributed by atoms with Crippen molar-refractivity contribution in [2.75, 3.05) is 20.3 Å². The van der Waals surface area contributed by atoms with Crippen molar-refractivity contribution in [3.8, 4) is 0 Å². The van der Waals surface area contributed by atoms with Crippen LogP contribution in [0.5, 0.6) is 0 Å². The number of amidine groups is 1. The van der Waals surface area contributed by atoms with E-state index in [2.05, 4.69) is 10.5 Å². The molecule has 6 heteroatoms. The molecule has 5 N–H and O–H groups in total. The minimum atomic E-state index is -0.193. The average molecular weight is 219 g/mol. The van der Waals surface area contributed by atoms with Gasteiger partial charge in [0.15, 0.2) is 5.84 Å². The Morgan fingerprint density at radius 2 is 2.27 bits per heavy atom. The van der Waals surface area contributed by atoms with Crippen molar-refractivity contribution in [3.63, 3.8) is 0 Å². The zero-order valence-electron chi connectivity index (χ0n) is 9.31. The molecule has 0 heterocycles. The van der Waals surface area contributed by atoms with Crippen LogP contribution in [0.4, 0.5) is 0 Å². The monoisotopic (exact) mass is 219 g/mol. The van der Waals surface area contributed by atoms with Gasteiger partial charge in [-0.1, -0.05) is 12.1 Å². The summed E-state index contributed by atoms with van der Waals surface area (Å²) in [6.07, 6.45) is 1.28. The SMILES string of the molecule is CCC(NC(CCO)COC)C(N)=NO. The fourth-order valence-corrected chi connectivity index (χ4v) is 1.34. The number of oxime groups is 1. The van der Waals surface area contributed by atoms with Crippen LogP contribution in [0.15, 0.2) is 5.16 Å². The molecular formula is C9H21N3O3. The van der Waals surface area contributed by atoms with E-state index in [1.165, 1.54) is 0 Å². The van der Waals surface area contributed by atoms with E-state index in [1.807, 2.05) is 6.92 Å². The zero-order valence-corrected chi connectivity index (χ0v) is 9.31. The number of rotatable bonds is 8. The summed E-state index contributed by atoms with van der Waals surface area (Å²) in [5.41, 5.74) is 5.50. The lowest BCUT2D eigenvalue weighted by Crippen LogP contribution is -2.48. The number of hydrogen-bond acceptors (Lipinski definition) is 5. The lowest BCUT2D eigenvalue weighted by molar-refractivity contribution is 0.145. The van der Waals surface area contributed by atoms with E-state index in [0.29, 0.717) is 19.4 Å². The van der Waals surface area contributed by atoms with Crippen LogP contribution in [0.1, 0.15) is 19.8 Å². The molecule has 0 rings (SSSR count). The molecule has 2 atom stereocenters. The third-order valence-electron chi connectivity index (χ3n) is 2.16. The summed E-state index contributed by atoms with van der Waals surface area (Å²) in [5, 5.41) is 23.5. The number of nitrogens with one attached hydrogen (secondary N) is 1. The Bertz CT molecular complexity index is 181. The molecule has 0 saturated carbocycles. The maximum Gasteiger partial charge on any atom is 0.156 e. The molecule has 0 fully saturated rings. The number of aliphatic hydroxyl groups is 1. The highest BCUT2D eigenvalue weighted by molar-refractivity contribution is 5.85. The van der Waals surface area contributed by atoms with Crippen molar-refractivity contribution in [2.24, 2.45) is 10.9 Å². The lowest BCUT2D eigenvalue weighted by Gasteiger charge is -2.23. The van der Waals surface area contributed by atoms with Crippen molar-refractivity contribution in [1.29, 1.82) is 0 Å². The molecule has 15 heavy (non-hydrogen) atoms. The largest absolute Gasteiger partial charge is 0.409 e. The second-order valence-corrected chi connectivity index (χ2v) is 3.32. The van der Waals surface area contributed by atoms with Crippen LogP contribution in [0.25, 0.3) is 0 Å². The van der Waals surface area contributed by atoms with Crippen molar-refractivity contribution >= 4 is 5.84 Å². The molecule has 0 bridgehead atoms. The highest BCUT2D eigenvalue weighted by Gasteiger charge is 2.16. The van der Waals surface area contributed by atoms with Crippen molar-refractivity contribution in [3.05, 3.63) is 0 Å². The van der Waals surface area contributed by atoms with Gasteiger partial charge in [-0.25, -0.2) is 0 Å². The molecule has 0 radical (unpaired) electrons. The van der Waals surface area contributed by atoms with E-state index >= 15 is 0 Å². The minimum absolute atomic E-state index is 0.00486. The van der Waals surface area contributed by atoms with Gasteiger partial charge in [-0.15, -0.1) is 0 Å². The summed E-state index contributed by atoms with van der Waals surface area (Å²) in [4.78, 5) is 0. The molecule has 0 aromatic heterocycles. The average Bonchev–Trinajstić information content (AvgIpc) is 2.25. The Kier molecular flexibility index (Phi) is 7.98. The van der Waals surface area contributed by atoms with E-state index in [4.69, 9.17) is 20.8 Å². The molecule has 0 aromatic rings. The number of methoxy groups -OCH3 is 1. The van der Waals surface area contributed by atoms with Gasteiger partial charge in [-0.05, 0) is 12.8 Å². The Morgan fingerprint density at radius 3 is 2.67 bits per heavy atom. The summed E-state index contributed by atoms with van der Waals surface area (Å²) in [6.45, 7) is 2.49. The van der Waals surface area contributed by atoms with Crippen LogP contribution in [-0.4, -0.2) is 48.6 Å². The standard InChI is InChI=1S/C9H21N3O3/c1-3-8(9(10)12-14)11-7(4-5-13)6-15-2/h7-8,11,13-14H,3-6H2,1-2H3,(H2,10,12). The normalized spacial score (nSPS) is 16.3. The number of ether oxygens (including phenoxy) is 1. The van der Waals surface area contributed by atoms with Gasteiger partial charge in [0.2, 0.25) is 0 Å². The van der Waals surface area contributed by atoms with E-state index in [0.717, 1.165) is 0 Å². The molecule has 0 amide bonds. The number of nitrogens with zero attached hydrogens (tertiary/aromatic N) is 1. The first-order valence-corrected chi connectivity index (χ1v) is 5.02. The number of hydrogen-bond donors (Lipinski definition) is 4. The van der Waals surface area contributed by atoms with E-state index in [1.54, 1.807) is 7.11 Å². The van der Waals surface area contributed by atoms with Crippen LogP contribution in [0.2, 0.25) is 0 Å².